The molecule has 0 amide bonds. The maximum atomic E-state index is 14.0. The van der Waals surface area contributed by atoms with Gasteiger partial charge in [-0.25, -0.2) is 17.9 Å². The Kier molecular flexibility index (Phi) is 15.2. The molecule has 3 aromatic rings. The van der Waals surface area contributed by atoms with E-state index in [-0.39, 0.29) is 76.1 Å². The Morgan fingerprint density at radius 2 is 1.70 bits per heavy atom. The number of morpholine rings is 1. The van der Waals surface area contributed by atoms with Crippen LogP contribution in [-0.2, 0) is 42.0 Å². The van der Waals surface area contributed by atoms with Crippen LogP contribution in [0.3, 0.4) is 0 Å². The zero-order valence-electron chi connectivity index (χ0n) is 31.6. The molecule has 0 radical (unpaired) electrons. The molecule has 1 aliphatic carbocycles. The summed E-state index contributed by atoms with van der Waals surface area (Å²) in [6.07, 6.45) is 2.71. The van der Waals surface area contributed by atoms with Crippen molar-refractivity contribution in [1.29, 1.82) is 0 Å². The van der Waals surface area contributed by atoms with Crippen molar-refractivity contribution in [3.8, 4) is 17.2 Å². The van der Waals surface area contributed by atoms with Crippen molar-refractivity contribution in [3.05, 3.63) is 86.3 Å². The number of nitrogens with zero attached hydrogens (tertiary/aromatic N) is 2. The Balaban J connectivity index is 1.43. The van der Waals surface area contributed by atoms with E-state index >= 15 is 0 Å². The topological polar surface area (TPSA) is 166 Å². The number of hydrogen-bond donors (Lipinski definition) is 1. The average molecular weight is 861 g/mol. The molecule has 2 fully saturated rings. The number of sulfonamides is 1. The van der Waals surface area contributed by atoms with Gasteiger partial charge in [-0.3, -0.25) is 9.69 Å². The standard InChI is InChI=1S/C38H45Cl2F2N3O11S/c1-38(2,3)56-35(46)23-57(49,50)43-19-27-16-26(7-8-31(27)52-15-12-44-10-13-51-14-11-44)36(47)54-33(18-28-29(39)20-45(48)21-30(28)40)25-6-9-32(55-37(41)42)34(17-25)53-22-24-4-5-24/h6-9,16-17,20-21,24,33,37,43H,4-5,10-15,18-19,22-23H2,1-3H3/t33-/m0/s1. The van der Waals surface area contributed by atoms with Crippen molar-refractivity contribution < 1.29 is 59.9 Å². The van der Waals surface area contributed by atoms with Gasteiger partial charge in [-0.15, -0.1) is 0 Å². The molecule has 57 heavy (non-hydrogen) atoms. The first-order chi connectivity index (χ1) is 26.9. The van der Waals surface area contributed by atoms with Crippen LogP contribution in [0.1, 0.15) is 66.8 Å². The molecule has 1 aliphatic heterocycles. The van der Waals surface area contributed by atoms with Gasteiger partial charge in [0.05, 0.1) is 25.4 Å². The number of ether oxygens (including phenoxy) is 6. The zero-order chi connectivity index (χ0) is 41.3. The van der Waals surface area contributed by atoms with Crippen molar-refractivity contribution in [2.75, 3.05) is 51.8 Å². The fourth-order valence-electron chi connectivity index (χ4n) is 5.72. The maximum absolute atomic E-state index is 14.0. The lowest BCUT2D eigenvalue weighted by Gasteiger charge is -2.26. The lowest BCUT2D eigenvalue weighted by Crippen LogP contribution is -2.38. The molecule has 1 atom stereocenters. The van der Waals surface area contributed by atoms with Crippen LogP contribution < -0.4 is 23.7 Å². The number of carbonyl (C=O) groups excluding carboxylic acids is 2. The van der Waals surface area contributed by atoms with Crippen LogP contribution in [0.15, 0.2) is 48.8 Å². The first-order valence-corrected chi connectivity index (χ1v) is 20.6. The Morgan fingerprint density at radius 3 is 2.35 bits per heavy atom. The van der Waals surface area contributed by atoms with Crippen molar-refractivity contribution in [2.24, 2.45) is 5.92 Å². The third kappa shape index (κ3) is 14.1. The molecule has 1 N–H and O–H groups in total. The highest BCUT2D eigenvalue weighted by Gasteiger charge is 2.28. The average Bonchev–Trinajstić information content (AvgIpc) is 3.95. The van der Waals surface area contributed by atoms with Crippen molar-refractivity contribution in [1.82, 2.24) is 9.62 Å². The molecule has 1 aromatic heterocycles. The molecule has 5 rings (SSSR count). The monoisotopic (exact) mass is 859 g/mol. The van der Waals surface area contributed by atoms with Crippen LogP contribution in [0.2, 0.25) is 10.0 Å². The van der Waals surface area contributed by atoms with Gasteiger partial charge in [-0.2, -0.15) is 13.5 Å². The fraction of sp³-hybridized carbons (Fsp3) is 0.500. The number of benzene rings is 2. The molecule has 14 nitrogen and oxygen atoms in total. The number of alkyl halides is 2. The van der Waals surface area contributed by atoms with E-state index < -0.39 is 46.0 Å². The molecule has 2 aromatic carbocycles. The Morgan fingerprint density at radius 1 is 1.02 bits per heavy atom. The van der Waals surface area contributed by atoms with Gasteiger partial charge in [0.2, 0.25) is 10.0 Å². The molecule has 1 saturated heterocycles. The summed E-state index contributed by atoms with van der Waals surface area (Å²) in [5, 5.41) is 12.0. The number of rotatable bonds is 19. The van der Waals surface area contributed by atoms with Crippen LogP contribution in [0.4, 0.5) is 8.78 Å². The van der Waals surface area contributed by atoms with Gasteiger partial charge in [0, 0.05) is 43.7 Å². The minimum Gasteiger partial charge on any atom is -0.619 e. The molecular formula is C38H45Cl2F2N3O11S. The van der Waals surface area contributed by atoms with Crippen molar-refractivity contribution in [3.63, 3.8) is 0 Å². The van der Waals surface area contributed by atoms with Crippen LogP contribution in [0.5, 0.6) is 17.2 Å². The summed E-state index contributed by atoms with van der Waals surface area (Å²) in [4.78, 5) is 28.4. The largest absolute Gasteiger partial charge is 0.619 e. The Bertz CT molecular complexity index is 1970. The van der Waals surface area contributed by atoms with Gasteiger partial charge >= 0.3 is 18.6 Å². The molecular weight excluding hydrogens is 815 g/mol. The van der Waals surface area contributed by atoms with Crippen molar-refractivity contribution >= 4 is 45.2 Å². The summed E-state index contributed by atoms with van der Waals surface area (Å²) in [7, 11) is -4.20. The van der Waals surface area contributed by atoms with Crippen molar-refractivity contribution in [2.45, 2.75) is 64.9 Å². The van der Waals surface area contributed by atoms with E-state index in [1.165, 1.54) is 36.4 Å². The second-order valence-corrected chi connectivity index (χ2v) is 17.1. The summed E-state index contributed by atoms with van der Waals surface area (Å²) >= 11 is 12.8. The summed E-state index contributed by atoms with van der Waals surface area (Å²) in [6.45, 7) is 5.04. The van der Waals surface area contributed by atoms with Gasteiger partial charge in [-0.1, -0.05) is 29.3 Å². The first-order valence-electron chi connectivity index (χ1n) is 18.2. The number of halogens is 4. The van der Waals surface area contributed by atoms with Gasteiger partial charge in [0.1, 0.15) is 34.1 Å². The van der Waals surface area contributed by atoms with E-state index in [9.17, 15) is 32.0 Å². The van der Waals surface area contributed by atoms with E-state index in [0.29, 0.717) is 30.1 Å². The predicted molar refractivity (Wildman–Crippen MR) is 204 cm³/mol. The van der Waals surface area contributed by atoms with Crippen LogP contribution in [-0.4, -0.2) is 89.3 Å². The van der Waals surface area contributed by atoms with E-state index in [0.717, 1.165) is 38.3 Å². The smallest absolute Gasteiger partial charge is 0.387 e. The number of carbonyl (C=O) groups is 2. The van der Waals surface area contributed by atoms with E-state index in [1.54, 1.807) is 20.8 Å². The second-order valence-electron chi connectivity index (χ2n) is 14.5. The van der Waals surface area contributed by atoms with E-state index in [4.69, 9.17) is 46.9 Å². The molecule has 19 heteroatoms. The van der Waals surface area contributed by atoms with Gasteiger partial charge in [-0.05, 0) is 75.4 Å². The molecule has 2 aliphatic rings. The molecule has 312 valence electrons. The molecule has 0 unspecified atom stereocenters. The molecule has 0 bridgehead atoms. The predicted octanol–water partition coefficient (Wildman–Crippen LogP) is 5.63. The summed E-state index contributed by atoms with van der Waals surface area (Å²) < 4.78 is 88.5. The number of esters is 2. The maximum Gasteiger partial charge on any atom is 0.387 e. The summed E-state index contributed by atoms with van der Waals surface area (Å²) in [5.41, 5.74) is -0.0787. The second kappa shape index (κ2) is 19.6. The normalized spacial score (nSPS) is 15.6. The first kappa shape index (κ1) is 44.1. The van der Waals surface area contributed by atoms with Crippen LogP contribution >= 0.6 is 23.2 Å². The Labute approximate surface area is 339 Å². The zero-order valence-corrected chi connectivity index (χ0v) is 34.0. The number of pyridine rings is 1. The molecule has 0 spiro atoms. The number of nitrogens with one attached hydrogen (secondary N) is 1. The van der Waals surface area contributed by atoms with Gasteiger partial charge in [0.25, 0.3) is 0 Å². The molecule has 1 saturated carbocycles. The summed E-state index contributed by atoms with van der Waals surface area (Å²) in [6, 6.07) is 8.46. The highest BCUT2D eigenvalue weighted by atomic mass is 35.5. The quantitative estimate of drug-likeness (QED) is 0.0899. The third-order valence-corrected chi connectivity index (χ3v) is 10.6. The Hall–Kier alpha value is -4.00. The lowest BCUT2D eigenvalue weighted by atomic mass is 10.0. The van der Waals surface area contributed by atoms with Crippen LogP contribution in [0.25, 0.3) is 0 Å². The van der Waals surface area contributed by atoms with Gasteiger partial charge < -0.3 is 33.6 Å². The number of hydrogen-bond acceptors (Lipinski definition) is 12. The summed E-state index contributed by atoms with van der Waals surface area (Å²) in [5.74, 6) is -2.42. The minimum atomic E-state index is -4.20. The lowest BCUT2D eigenvalue weighted by molar-refractivity contribution is -0.605. The van der Waals surface area contributed by atoms with E-state index in [1.807, 2.05) is 0 Å². The molecule has 2 heterocycles. The SMILES string of the molecule is CC(C)(C)OC(=O)CS(=O)(=O)NCc1cc(C(=O)O[C@@H](Cc2c(Cl)c[n+]([O-])cc2Cl)c2ccc(OC(F)F)c(OCC3CC3)c2)ccc1OCCN1CCOCC1. The fourth-order valence-corrected chi connectivity index (χ4v) is 7.16. The number of aromatic nitrogens is 1. The third-order valence-electron chi connectivity index (χ3n) is 8.70. The highest BCUT2D eigenvalue weighted by Crippen LogP contribution is 2.38. The van der Waals surface area contributed by atoms with E-state index in [2.05, 4.69) is 14.4 Å². The highest BCUT2D eigenvalue weighted by molar-refractivity contribution is 7.90. The van der Waals surface area contributed by atoms with Gasteiger partial charge in [0.15, 0.2) is 29.6 Å². The minimum absolute atomic E-state index is 0.00272. The van der Waals surface area contributed by atoms with Crippen LogP contribution in [0, 0.1) is 11.1 Å².